The zero-order chi connectivity index (χ0) is 10.5. The largest absolute Gasteiger partial charge is 0.312 e. The van der Waals surface area contributed by atoms with Gasteiger partial charge in [-0.25, -0.2) is 4.98 Å². The van der Waals surface area contributed by atoms with Crippen LogP contribution in [0.3, 0.4) is 0 Å². The molecule has 1 heterocycles. The number of pyridine rings is 1. The van der Waals surface area contributed by atoms with E-state index in [1.54, 1.807) is 6.20 Å². The first-order valence-electron chi connectivity index (χ1n) is 5.66. The molecule has 4 heteroatoms. The van der Waals surface area contributed by atoms with Crippen molar-refractivity contribution in [2.24, 2.45) is 5.92 Å². The Labute approximate surface area is 108 Å². The summed E-state index contributed by atoms with van der Waals surface area (Å²) in [6.07, 6.45) is 7.30. The fourth-order valence-corrected chi connectivity index (χ4v) is 2.36. The third kappa shape index (κ3) is 3.93. The van der Waals surface area contributed by atoms with Crippen molar-refractivity contribution in [3.63, 3.8) is 0 Å². The first-order chi connectivity index (χ1) is 7.36. The smallest absolute Gasteiger partial charge is 0.133 e. The first-order valence-corrected chi connectivity index (χ1v) is 6.04. The number of aromatic nitrogens is 1. The average molecular weight is 261 g/mol. The molecule has 1 saturated carbocycles. The van der Waals surface area contributed by atoms with Gasteiger partial charge in [-0.05, 0) is 31.4 Å². The summed E-state index contributed by atoms with van der Waals surface area (Å²) in [5.41, 5.74) is 1.09. The molecule has 0 amide bonds. The summed E-state index contributed by atoms with van der Waals surface area (Å²) in [6, 6.07) is 3.95. The maximum Gasteiger partial charge on any atom is 0.133 e. The Balaban J connectivity index is 0.00000128. The second-order valence-electron chi connectivity index (χ2n) is 4.23. The molecule has 0 radical (unpaired) electrons. The summed E-state index contributed by atoms with van der Waals surface area (Å²) in [5, 5.41) is 4.08. The minimum Gasteiger partial charge on any atom is -0.312 e. The molecule has 1 N–H and O–H groups in total. The Hall–Kier alpha value is -0.310. The molecular formula is C12H18Cl2N2. The molecule has 1 aliphatic carbocycles. The quantitative estimate of drug-likeness (QED) is 0.840. The zero-order valence-corrected chi connectivity index (χ0v) is 10.9. The summed E-state index contributed by atoms with van der Waals surface area (Å²) in [4.78, 5) is 4.05. The summed E-state index contributed by atoms with van der Waals surface area (Å²) < 4.78 is 0. The fraction of sp³-hybridized carbons (Fsp3) is 0.583. The van der Waals surface area contributed by atoms with Crippen molar-refractivity contribution < 1.29 is 0 Å². The number of halogens is 2. The van der Waals surface area contributed by atoms with E-state index >= 15 is 0 Å². The lowest BCUT2D eigenvalue weighted by atomic mass is 10.1. The van der Waals surface area contributed by atoms with Gasteiger partial charge in [-0.1, -0.05) is 30.5 Å². The lowest BCUT2D eigenvalue weighted by Gasteiger charge is -2.10. The van der Waals surface area contributed by atoms with E-state index in [0.29, 0.717) is 5.15 Å². The van der Waals surface area contributed by atoms with Crippen LogP contribution in [0.5, 0.6) is 0 Å². The highest BCUT2D eigenvalue weighted by molar-refractivity contribution is 6.30. The minimum atomic E-state index is 0. The minimum absolute atomic E-state index is 0. The predicted molar refractivity (Wildman–Crippen MR) is 70.2 cm³/mol. The maximum atomic E-state index is 5.97. The molecule has 0 aliphatic heterocycles. The molecular weight excluding hydrogens is 243 g/mol. The average Bonchev–Trinajstić information content (AvgIpc) is 2.74. The highest BCUT2D eigenvalue weighted by atomic mass is 35.5. The maximum absolute atomic E-state index is 5.97. The molecule has 0 spiro atoms. The van der Waals surface area contributed by atoms with Crippen LogP contribution in [0.1, 0.15) is 31.2 Å². The molecule has 0 bridgehead atoms. The number of hydrogen-bond acceptors (Lipinski definition) is 2. The van der Waals surface area contributed by atoms with E-state index < -0.39 is 0 Å². The van der Waals surface area contributed by atoms with Gasteiger partial charge in [0.1, 0.15) is 5.15 Å². The van der Waals surface area contributed by atoms with Crippen LogP contribution in [0.15, 0.2) is 18.3 Å². The van der Waals surface area contributed by atoms with Crippen LogP contribution in [0.2, 0.25) is 5.15 Å². The molecule has 16 heavy (non-hydrogen) atoms. The Kier molecular flexibility index (Phi) is 6.10. The van der Waals surface area contributed by atoms with Crippen molar-refractivity contribution in [3.05, 3.63) is 29.0 Å². The summed E-state index contributed by atoms with van der Waals surface area (Å²) in [7, 11) is 0. The van der Waals surface area contributed by atoms with Gasteiger partial charge in [0.2, 0.25) is 0 Å². The van der Waals surface area contributed by atoms with Crippen LogP contribution in [0.4, 0.5) is 0 Å². The van der Waals surface area contributed by atoms with E-state index in [1.165, 1.54) is 25.7 Å². The van der Waals surface area contributed by atoms with Gasteiger partial charge in [-0.15, -0.1) is 12.4 Å². The van der Waals surface area contributed by atoms with Crippen molar-refractivity contribution in [2.45, 2.75) is 32.2 Å². The molecule has 2 rings (SSSR count). The van der Waals surface area contributed by atoms with Crippen LogP contribution in [-0.4, -0.2) is 11.5 Å². The van der Waals surface area contributed by atoms with E-state index in [9.17, 15) is 0 Å². The van der Waals surface area contributed by atoms with E-state index in [0.717, 1.165) is 24.6 Å². The number of nitrogens with one attached hydrogen (secondary N) is 1. The van der Waals surface area contributed by atoms with Crippen molar-refractivity contribution in [1.82, 2.24) is 10.3 Å². The van der Waals surface area contributed by atoms with E-state index in [4.69, 9.17) is 11.6 Å². The van der Waals surface area contributed by atoms with Gasteiger partial charge in [-0.3, -0.25) is 0 Å². The molecule has 90 valence electrons. The summed E-state index contributed by atoms with van der Waals surface area (Å²) >= 11 is 5.97. The third-order valence-electron chi connectivity index (χ3n) is 3.06. The molecule has 1 aromatic heterocycles. The molecule has 1 fully saturated rings. The van der Waals surface area contributed by atoms with Crippen LogP contribution in [0, 0.1) is 5.92 Å². The van der Waals surface area contributed by atoms with Crippen LogP contribution in [0.25, 0.3) is 0 Å². The van der Waals surface area contributed by atoms with Crippen LogP contribution >= 0.6 is 24.0 Å². The Morgan fingerprint density at radius 2 is 2.12 bits per heavy atom. The SMILES string of the molecule is Cl.Clc1ncccc1CNCC1CCCC1. The highest BCUT2D eigenvalue weighted by Gasteiger charge is 2.14. The van der Waals surface area contributed by atoms with Crippen LogP contribution in [-0.2, 0) is 6.54 Å². The highest BCUT2D eigenvalue weighted by Crippen LogP contribution is 2.23. The standard InChI is InChI=1S/C12H17ClN2.ClH/c13-12-11(6-3-7-15-12)9-14-8-10-4-1-2-5-10;/h3,6-7,10,14H,1-2,4-5,8-9H2;1H. The van der Waals surface area contributed by atoms with Gasteiger partial charge < -0.3 is 5.32 Å². The molecule has 2 nitrogen and oxygen atoms in total. The molecule has 0 atom stereocenters. The summed E-state index contributed by atoms with van der Waals surface area (Å²) in [5.74, 6) is 0.875. The first kappa shape index (κ1) is 13.8. The Morgan fingerprint density at radius 1 is 1.38 bits per heavy atom. The fourth-order valence-electron chi connectivity index (χ4n) is 2.18. The molecule has 0 unspecified atom stereocenters. The van der Waals surface area contributed by atoms with Gasteiger partial charge in [0.05, 0.1) is 0 Å². The third-order valence-corrected chi connectivity index (χ3v) is 3.40. The lowest BCUT2D eigenvalue weighted by molar-refractivity contribution is 0.489. The normalized spacial score (nSPS) is 16.1. The van der Waals surface area contributed by atoms with Crippen molar-refractivity contribution >= 4 is 24.0 Å². The second kappa shape index (κ2) is 7.10. The van der Waals surface area contributed by atoms with Crippen molar-refractivity contribution in [3.8, 4) is 0 Å². The van der Waals surface area contributed by atoms with Gasteiger partial charge in [-0.2, -0.15) is 0 Å². The lowest BCUT2D eigenvalue weighted by Crippen LogP contribution is -2.20. The molecule has 0 aromatic carbocycles. The zero-order valence-electron chi connectivity index (χ0n) is 9.29. The van der Waals surface area contributed by atoms with E-state index in [2.05, 4.69) is 10.3 Å². The van der Waals surface area contributed by atoms with Gasteiger partial charge in [0.25, 0.3) is 0 Å². The number of hydrogen-bond donors (Lipinski definition) is 1. The Bertz CT molecular complexity index is 312. The molecule has 0 saturated heterocycles. The topological polar surface area (TPSA) is 24.9 Å². The van der Waals surface area contributed by atoms with Gasteiger partial charge >= 0.3 is 0 Å². The van der Waals surface area contributed by atoms with Crippen molar-refractivity contribution in [2.75, 3.05) is 6.54 Å². The van der Waals surface area contributed by atoms with E-state index in [-0.39, 0.29) is 12.4 Å². The number of nitrogens with zero attached hydrogens (tertiary/aromatic N) is 1. The monoisotopic (exact) mass is 260 g/mol. The molecule has 1 aromatic rings. The summed E-state index contributed by atoms with van der Waals surface area (Å²) in [6.45, 7) is 1.95. The second-order valence-corrected chi connectivity index (χ2v) is 4.59. The molecule has 1 aliphatic rings. The Morgan fingerprint density at radius 3 is 2.81 bits per heavy atom. The van der Waals surface area contributed by atoms with Crippen molar-refractivity contribution in [1.29, 1.82) is 0 Å². The van der Waals surface area contributed by atoms with Crippen LogP contribution < -0.4 is 5.32 Å². The van der Waals surface area contributed by atoms with Gasteiger partial charge in [0, 0.05) is 18.3 Å². The van der Waals surface area contributed by atoms with Gasteiger partial charge in [0.15, 0.2) is 0 Å². The number of rotatable bonds is 4. The predicted octanol–water partition coefficient (Wildman–Crippen LogP) is 3.44. The van der Waals surface area contributed by atoms with E-state index in [1.807, 2.05) is 12.1 Å².